The van der Waals surface area contributed by atoms with Crippen LogP contribution < -0.4 is 10.3 Å². The highest BCUT2D eigenvalue weighted by atomic mass is 32.2. The van der Waals surface area contributed by atoms with Crippen molar-refractivity contribution in [3.63, 3.8) is 0 Å². The largest absolute Gasteiger partial charge is 0.228 e. The van der Waals surface area contributed by atoms with Gasteiger partial charge < -0.3 is 0 Å². The van der Waals surface area contributed by atoms with E-state index in [1.165, 1.54) is 0 Å². The van der Waals surface area contributed by atoms with Crippen LogP contribution in [0.1, 0.15) is 48.3 Å². The second-order valence-corrected chi connectivity index (χ2v) is 11.2. The molecule has 4 atom stereocenters. The van der Waals surface area contributed by atoms with Crippen molar-refractivity contribution in [1.82, 2.24) is 0 Å². The molecular weight excluding hydrogens is 444 g/mol. The second-order valence-electron chi connectivity index (χ2n) is 7.84. The predicted octanol–water partition coefficient (Wildman–Crippen LogP) is 4.46. The minimum absolute atomic E-state index is 0.0742. The summed E-state index contributed by atoms with van der Waals surface area (Å²) in [6.07, 6.45) is 4.67. The van der Waals surface area contributed by atoms with Gasteiger partial charge in [-0.15, -0.1) is 13.2 Å². The Balaban J connectivity index is 0.000000320. The van der Waals surface area contributed by atoms with Gasteiger partial charge in [0, 0.05) is 0 Å². The summed E-state index contributed by atoms with van der Waals surface area (Å²) in [6, 6.07) is 18.1. The summed E-state index contributed by atoms with van der Waals surface area (Å²) in [5, 5.41) is 9.24. The van der Waals surface area contributed by atoms with Gasteiger partial charge in [0.05, 0.1) is 0 Å². The lowest BCUT2D eigenvalue weighted by molar-refractivity contribution is 0.517. The molecule has 0 aliphatic heterocycles. The Labute approximate surface area is 193 Å². The minimum Gasteiger partial charge on any atom is -0.228 e. The molecule has 32 heavy (non-hydrogen) atoms. The maximum atomic E-state index is 11.6. The van der Waals surface area contributed by atoms with Gasteiger partial charge in [-0.2, -0.15) is 0 Å². The molecule has 0 aliphatic rings. The standard InChI is InChI=1S/2C12H17NO2S/c2*1-3-7-10(2)12(16(13,14)15)11-8-5-4-6-9-11/h2*3-6,8-10,12H,1,7H2,2H3,(H2,13,14,15)/t10-,12+;10-,12-/m00/s1. The average Bonchev–Trinajstić information content (AvgIpc) is 2.68. The van der Waals surface area contributed by atoms with Gasteiger partial charge in [0.15, 0.2) is 0 Å². The third-order valence-corrected chi connectivity index (χ3v) is 7.96. The maximum Gasteiger partial charge on any atom is 0.216 e. The van der Waals surface area contributed by atoms with E-state index in [9.17, 15) is 16.8 Å². The van der Waals surface area contributed by atoms with Crippen LogP contribution in [0.4, 0.5) is 0 Å². The van der Waals surface area contributed by atoms with E-state index in [0.717, 1.165) is 11.1 Å². The van der Waals surface area contributed by atoms with Gasteiger partial charge in [0.25, 0.3) is 0 Å². The van der Waals surface area contributed by atoms with Crippen molar-refractivity contribution < 1.29 is 16.8 Å². The summed E-state index contributed by atoms with van der Waals surface area (Å²) in [6.45, 7) is 11.0. The van der Waals surface area contributed by atoms with E-state index in [1.807, 2.05) is 50.2 Å². The van der Waals surface area contributed by atoms with Crippen LogP contribution in [0.3, 0.4) is 0 Å². The summed E-state index contributed by atoms with van der Waals surface area (Å²) in [4.78, 5) is 0. The normalized spacial score (nSPS) is 15.4. The molecule has 0 saturated carbocycles. The van der Waals surface area contributed by atoms with E-state index in [1.54, 1.807) is 36.4 Å². The van der Waals surface area contributed by atoms with Crippen LogP contribution in [0.15, 0.2) is 86.0 Å². The Kier molecular flexibility index (Phi) is 11.0. The van der Waals surface area contributed by atoms with Crippen molar-refractivity contribution in [1.29, 1.82) is 0 Å². The van der Waals surface area contributed by atoms with Crippen LogP contribution >= 0.6 is 0 Å². The first-order valence-electron chi connectivity index (χ1n) is 10.3. The van der Waals surface area contributed by atoms with Crippen LogP contribution in [0, 0.1) is 11.8 Å². The fraction of sp³-hybridized carbons (Fsp3) is 0.333. The van der Waals surface area contributed by atoms with E-state index in [0.29, 0.717) is 12.8 Å². The van der Waals surface area contributed by atoms with Crippen molar-refractivity contribution in [2.45, 2.75) is 37.2 Å². The van der Waals surface area contributed by atoms with Crippen LogP contribution in [-0.4, -0.2) is 16.8 Å². The molecule has 4 N–H and O–H groups in total. The predicted molar refractivity (Wildman–Crippen MR) is 133 cm³/mol. The van der Waals surface area contributed by atoms with Crippen LogP contribution in [0.25, 0.3) is 0 Å². The van der Waals surface area contributed by atoms with Crippen LogP contribution in [-0.2, 0) is 20.0 Å². The fourth-order valence-corrected chi connectivity index (χ4v) is 6.33. The zero-order chi connectivity index (χ0) is 24.4. The smallest absolute Gasteiger partial charge is 0.216 e. The van der Waals surface area contributed by atoms with E-state index < -0.39 is 30.5 Å². The monoisotopic (exact) mass is 478 g/mol. The quantitative estimate of drug-likeness (QED) is 0.490. The summed E-state index contributed by atoms with van der Waals surface area (Å²) in [7, 11) is -7.17. The second kappa shape index (κ2) is 12.7. The lowest BCUT2D eigenvalue weighted by atomic mass is 9.97. The Morgan fingerprint density at radius 3 is 1.19 bits per heavy atom. The SMILES string of the molecule is C=CC[C@H](C)[C@@H](c1ccccc1)S(N)(=O)=O.C=CC[C@H](C)[C@H](c1ccccc1)S(N)(=O)=O. The number of nitrogens with two attached hydrogens (primary N) is 2. The average molecular weight is 479 g/mol. The van der Waals surface area contributed by atoms with Gasteiger partial charge in [-0.1, -0.05) is 86.7 Å². The van der Waals surface area contributed by atoms with Crippen molar-refractivity contribution in [2.24, 2.45) is 22.1 Å². The number of benzene rings is 2. The third kappa shape index (κ3) is 8.70. The zero-order valence-electron chi connectivity index (χ0n) is 18.7. The van der Waals surface area contributed by atoms with Crippen molar-refractivity contribution in [2.75, 3.05) is 0 Å². The first-order valence-corrected chi connectivity index (χ1v) is 13.5. The highest BCUT2D eigenvalue weighted by Gasteiger charge is 2.29. The van der Waals surface area contributed by atoms with E-state index in [-0.39, 0.29) is 11.8 Å². The molecule has 0 heterocycles. The Morgan fingerprint density at radius 2 is 0.969 bits per heavy atom. The lowest BCUT2D eigenvalue weighted by Gasteiger charge is -2.21. The van der Waals surface area contributed by atoms with Gasteiger partial charge in [-0.25, -0.2) is 27.1 Å². The molecule has 8 heteroatoms. The van der Waals surface area contributed by atoms with Crippen molar-refractivity contribution >= 4 is 20.0 Å². The third-order valence-electron chi connectivity index (χ3n) is 5.07. The van der Waals surface area contributed by atoms with Gasteiger partial charge in [-0.05, 0) is 35.8 Å². The van der Waals surface area contributed by atoms with Crippen molar-refractivity contribution in [3.8, 4) is 0 Å². The molecule has 0 aromatic heterocycles. The Bertz CT molecular complexity index is 966. The number of hydrogen-bond donors (Lipinski definition) is 2. The summed E-state index contributed by atoms with van der Waals surface area (Å²) in [5.41, 5.74) is 1.47. The van der Waals surface area contributed by atoms with Gasteiger partial charge in [-0.3, -0.25) is 0 Å². The maximum absolute atomic E-state index is 11.6. The highest BCUT2D eigenvalue weighted by Crippen LogP contribution is 2.31. The molecule has 0 fully saturated rings. The first kappa shape index (κ1) is 27.8. The van der Waals surface area contributed by atoms with Gasteiger partial charge >= 0.3 is 0 Å². The zero-order valence-corrected chi connectivity index (χ0v) is 20.3. The van der Waals surface area contributed by atoms with Gasteiger partial charge in [0.1, 0.15) is 10.5 Å². The van der Waals surface area contributed by atoms with E-state index in [2.05, 4.69) is 13.2 Å². The minimum atomic E-state index is -3.59. The summed E-state index contributed by atoms with van der Waals surface area (Å²) in [5.74, 6) is -0.148. The number of hydrogen-bond acceptors (Lipinski definition) is 4. The topological polar surface area (TPSA) is 120 Å². The molecule has 0 unspecified atom stereocenters. The molecule has 2 rings (SSSR count). The highest BCUT2D eigenvalue weighted by molar-refractivity contribution is 7.89. The molecule has 176 valence electrons. The van der Waals surface area contributed by atoms with Crippen molar-refractivity contribution in [3.05, 3.63) is 97.1 Å². The summed E-state index contributed by atoms with van der Waals surface area (Å²) < 4.78 is 46.4. The van der Waals surface area contributed by atoms with Crippen LogP contribution in [0.5, 0.6) is 0 Å². The fourth-order valence-electron chi connectivity index (χ4n) is 3.74. The molecular formula is C24H34N2O4S2. The number of allylic oxidation sites excluding steroid dienone is 2. The number of sulfonamides is 2. The molecule has 0 aliphatic carbocycles. The molecule has 2 aromatic carbocycles. The van der Waals surface area contributed by atoms with Gasteiger partial charge in [0.2, 0.25) is 20.0 Å². The lowest BCUT2D eigenvalue weighted by Crippen LogP contribution is -2.26. The molecule has 0 amide bonds. The molecule has 2 aromatic rings. The Hall–Kier alpha value is -2.26. The molecule has 0 saturated heterocycles. The van der Waals surface area contributed by atoms with E-state index in [4.69, 9.17) is 10.3 Å². The molecule has 0 bridgehead atoms. The van der Waals surface area contributed by atoms with E-state index >= 15 is 0 Å². The molecule has 0 spiro atoms. The number of primary sulfonamides is 2. The Morgan fingerprint density at radius 1 is 0.688 bits per heavy atom. The first-order chi connectivity index (χ1) is 14.9. The molecule has 0 radical (unpaired) electrons. The molecule has 6 nitrogen and oxygen atoms in total. The van der Waals surface area contributed by atoms with Crippen LogP contribution in [0.2, 0.25) is 0 Å². The summed E-state index contributed by atoms with van der Waals surface area (Å²) >= 11 is 0. The number of rotatable bonds is 10.